The summed E-state index contributed by atoms with van der Waals surface area (Å²) in [6.45, 7) is 2.93. The topological polar surface area (TPSA) is 105 Å². The molecule has 1 atom stereocenters. The molecule has 1 fully saturated rings. The summed E-state index contributed by atoms with van der Waals surface area (Å²) in [5, 5.41) is 0.964. The van der Waals surface area contributed by atoms with Crippen LogP contribution in [0.5, 0.6) is 5.75 Å². The second-order valence-corrected chi connectivity index (χ2v) is 5.59. The van der Waals surface area contributed by atoms with Crippen molar-refractivity contribution in [1.29, 1.82) is 0 Å². The fourth-order valence-corrected chi connectivity index (χ4v) is 2.91. The van der Waals surface area contributed by atoms with Gasteiger partial charge in [-0.05, 0) is 31.2 Å². The first-order valence-electron chi connectivity index (χ1n) is 7.90. The van der Waals surface area contributed by atoms with E-state index >= 15 is 0 Å². The Hall–Kier alpha value is -3.36. The van der Waals surface area contributed by atoms with Crippen LogP contribution in [0.25, 0.3) is 0 Å². The summed E-state index contributed by atoms with van der Waals surface area (Å²) in [7, 11) is 1.50. The largest absolute Gasteiger partial charge is 0.497 e. The fraction of sp³-hybridized carbons (Fsp3) is 0.294. The Labute approximate surface area is 149 Å². The highest BCUT2D eigenvalue weighted by Crippen LogP contribution is 2.35. The number of nitrogens with zero attached hydrogens (tertiary/aromatic N) is 2. The van der Waals surface area contributed by atoms with Crippen molar-refractivity contribution >= 4 is 29.4 Å². The molecule has 0 unspecified atom stereocenters. The van der Waals surface area contributed by atoms with E-state index in [0.717, 1.165) is 9.91 Å². The zero-order valence-electron chi connectivity index (χ0n) is 14.4. The Morgan fingerprint density at radius 3 is 2.38 bits per heavy atom. The maximum absolute atomic E-state index is 12.9. The van der Waals surface area contributed by atoms with Gasteiger partial charge in [-0.15, -0.1) is 0 Å². The number of ether oxygens (including phenoxy) is 2. The summed E-state index contributed by atoms with van der Waals surface area (Å²) < 4.78 is 9.98. The number of amides is 3. The van der Waals surface area contributed by atoms with Crippen molar-refractivity contribution in [3.05, 3.63) is 35.5 Å². The Kier molecular flexibility index (Phi) is 4.37. The van der Waals surface area contributed by atoms with Crippen LogP contribution in [-0.4, -0.2) is 48.5 Å². The van der Waals surface area contributed by atoms with Crippen LogP contribution in [0.4, 0.5) is 5.69 Å². The molecule has 3 amide bonds. The quantitative estimate of drug-likeness (QED) is 0.601. The zero-order valence-corrected chi connectivity index (χ0v) is 14.4. The van der Waals surface area contributed by atoms with Crippen molar-refractivity contribution in [3.63, 3.8) is 0 Å². The van der Waals surface area contributed by atoms with Gasteiger partial charge in [0.05, 0.1) is 25.0 Å². The zero-order chi connectivity index (χ0) is 19.0. The maximum Gasteiger partial charge on any atom is 0.356 e. The van der Waals surface area contributed by atoms with E-state index in [4.69, 9.17) is 9.47 Å². The number of hydrazine groups is 1. The van der Waals surface area contributed by atoms with Crippen LogP contribution >= 0.6 is 0 Å². The van der Waals surface area contributed by atoms with Crippen molar-refractivity contribution in [3.8, 4) is 5.75 Å². The van der Waals surface area contributed by atoms with Gasteiger partial charge in [0, 0.05) is 6.92 Å². The Morgan fingerprint density at radius 2 is 1.85 bits per heavy atom. The van der Waals surface area contributed by atoms with Crippen molar-refractivity contribution in [2.45, 2.75) is 19.9 Å². The second kappa shape index (κ2) is 6.51. The fourth-order valence-electron chi connectivity index (χ4n) is 2.91. The van der Waals surface area contributed by atoms with Crippen LogP contribution in [0, 0.1) is 0 Å². The highest BCUT2D eigenvalue weighted by molar-refractivity contribution is 6.33. The number of carbonyl (C=O) groups excluding carboxylic acids is 4. The third-order valence-corrected chi connectivity index (χ3v) is 4.07. The molecular weight excluding hydrogens is 342 g/mol. The number of benzene rings is 1. The highest BCUT2D eigenvalue weighted by atomic mass is 16.5. The number of hydrogen-bond acceptors (Lipinski definition) is 7. The summed E-state index contributed by atoms with van der Waals surface area (Å²) in [6, 6.07) is 5.09. The first kappa shape index (κ1) is 17.5. The molecule has 136 valence electrons. The summed E-state index contributed by atoms with van der Waals surface area (Å²) >= 11 is 0. The van der Waals surface area contributed by atoms with Gasteiger partial charge in [0.2, 0.25) is 5.91 Å². The van der Waals surface area contributed by atoms with Gasteiger partial charge < -0.3 is 9.47 Å². The van der Waals surface area contributed by atoms with Gasteiger partial charge in [-0.1, -0.05) is 0 Å². The number of fused-ring (bicyclic) bond motifs is 1. The van der Waals surface area contributed by atoms with Gasteiger partial charge in [-0.3, -0.25) is 19.8 Å². The number of anilines is 1. The molecule has 0 spiro atoms. The van der Waals surface area contributed by atoms with Gasteiger partial charge in [-0.25, -0.2) is 14.7 Å². The van der Waals surface area contributed by atoms with Crippen molar-refractivity contribution in [2.24, 2.45) is 0 Å². The van der Waals surface area contributed by atoms with Crippen LogP contribution in [0.1, 0.15) is 13.8 Å². The van der Waals surface area contributed by atoms with E-state index in [0.29, 0.717) is 11.4 Å². The van der Waals surface area contributed by atoms with E-state index in [2.05, 4.69) is 5.43 Å². The monoisotopic (exact) mass is 359 g/mol. The molecular formula is C17H17N3O6. The van der Waals surface area contributed by atoms with Crippen LogP contribution in [-0.2, 0) is 23.9 Å². The Bertz CT molecular complexity index is 829. The molecule has 9 nitrogen and oxygen atoms in total. The van der Waals surface area contributed by atoms with E-state index in [-0.39, 0.29) is 17.9 Å². The molecule has 1 aromatic rings. The van der Waals surface area contributed by atoms with Gasteiger partial charge in [0.1, 0.15) is 5.75 Å². The number of imide groups is 1. The van der Waals surface area contributed by atoms with Crippen molar-refractivity contribution in [2.75, 3.05) is 18.6 Å². The number of rotatable bonds is 4. The molecule has 26 heavy (non-hydrogen) atoms. The number of hydrogen-bond donors (Lipinski definition) is 1. The minimum Gasteiger partial charge on any atom is -0.497 e. The SMILES string of the molecule is CCOC(=O)C1=C2C(=O)N(c3ccc(OC)cc3)C(=O)[C@H]2N(C(C)=O)N1. The predicted molar refractivity (Wildman–Crippen MR) is 88.6 cm³/mol. The predicted octanol–water partition coefficient (Wildman–Crippen LogP) is 0.121. The molecule has 2 aliphatic rings. The van der Waals surface area contributed by atoms with Crippen LogP contribution in [0.15, 0.2) is 35.5 Å². The first-order valence-corrected chi connectivity index (χ1v) is 7.90. The lowest BCUT2D eigenvalue weighted by Gasteiger charge is -2.23. The molecule has 0 radical (unpaired) electrons. The lowest BCUT2D eigenvalue weighted by Crippen LogP contribution is -2.48. The van der Waals surface area contributed by atoms with E-state index in [1.807, 2.05) is 0 Å². The maximum atomic E-state index is 12.9. The number of esters is 1. The summed E-state index contributed by atoms with van der Waals surface area (Å²) in [5.41, 5.74) is 2.55. The van der Waals surface area contributed by atoms with Gasteiger partial charge in [-0.2, -0.15) is 0 Å². The lowest BCUT2D eigenvalue weighted by atomic mass is 10.1. The minimum atomic E-state index is -1.21. The van der Waals surface area contributed by atoms with Crippen LogP contribution in [0.3, 0.4) is 0 Å². The second-order valence-electron chi connectivity index (χ2n) is 5.59. The van der Waals surface area contributed by atoms with E-state index in [1.165, 1.54) is 14.0 Å². The normalized spacial score (nSPS) is 18.8. The average molecular weight is 359 g/mol. The Balaban J connectivity index is 2.05. The molecule has 2 heterocycles. The van der Waals surface area contributed by atoms with Crippen molar-refractivity contribution in [1.82, 2.24) is 10.4 Å². The van der Waals surface area contributed by atoms with E-state index in [1.54, 1.807) is 31.2 Å². The van der Waals surface area contributed by atoms with Gasteiger partial charge in [0.25, 0.3) is 11.8 Å². The van der Waals surface area contributed by atoms with E-state index < -0.39 is 29.7 Å². The van der Waals surface area contributed by atoms with Crippen LogP contribution in [0.2, 0.25) is 0 Å². The van der Waals surface area contributed by atoms with E-state index in [9.17, 15) is 19.2 Å². The van der Waals surface area contributed by atoms with Gasteiger partial charge >= 0.3 is 5.97 Å². The third-order valence-electron chi connectivity index (χ3n) is 4.07. The molecule has 0 aromatic heterocycles. The smallest absolute Gasteiger partial charge is 0.356 e. The standard InChI is InChI=1S/C17H17N3O6/c1-4-26-17(24)13-12-14(20(18-13)9(2)21)16(23)19(15(12)22)10-5-7-11(25-3)8-6-10/h5-8,14,18H,4H2,1-3H3/t14-/m0/s1. The molecule has 1 N–H and O–H groups in total. The summed E-state index contributed by atoms with van der Waals surface area (Å²) in [6.07, 6.45) is 0. The molecule has 0 saturated carbocycles. The molecule has 1 aromatic carbocycles. The third kappa shape index (κ3) is 2.57. The molecule has 0 aliphatic carbocycles. The first-order chi connectivity index (χ1) is 12.4. The lowest BCUT2D eigenvalue weighted by molar-refractivity contribution is -0.141. The molecule has 3 rings (SSSR count). The summed E-state index contributed by atoms with van der Waals surface area (Å²) in [5.74, 6) is -2.05. The summed E-state index contributed by atoms with van der Waals surface area (Å²) in [4.78, 5) is 50.7. The van der Waals surface area contributed by atoms with Crippen LogP contribution < -0.4 is 15.1 Å². The molecule has 1 saturated heterocycles. The molecule has 2 aliphatic heterocycles. The van der Waals surface area contributed by atoms with Crippen molar-refractivity contribution < 1.29 is 28.7 Å². The number of methoxy groups -OCH3 is 1. The number of nitrogens with one attached hydrogen (secondary N) is 1. The minimum absolute atomic E-state index is 0.0896. The number of carbonyl (C=O) groups is 4. The molecule has 9 heteroatoms. The highest BCUT2D eigenvalue weighted by Gasteiger charge is 2.55. The Morgan fingerprint density at radius 1 is 1.19 bits per heavy atom. The average Bonchev–Trinajstić information content (AvgIpc) is 3.13. The van der Waals surface area contributed by atoms with Gasteiger partial charge in [0.15, 0.2) is 11.7 Å². The molecule has 0 bridgehead atoms.